The van der Waals surface area contributed by atoms with Crippen LogP contribution in [0, 0.1) is 5.92 Å². The third-order valence-corrected chi connectivity index (χ3v) is 5.73. The van der Waals surface area contributed by atoms with E-state index in [2.05, 4.69) is 51.6 Å². The van der Waals surface area contributed by atoms with E-state index in [1.54, 1.807) is 7.05 Å². The average molecular weight is 529 g/mol. The Morgan fingerprint density at radius 2 is 1.80 bits per heavy atom. The number of nitrogens with one attached hydrogen (secondary N) is 2. The first-order valence-electron chi connectivity index (χ1n) is 10.8. The van der Waals surface area contributed by atoms with Gasteiger partial charge in [-0.15, -0.1) is 24.0 Å². The number of rotatable bonds is 6. The van der Waals surface area contributed by atoms with E-state index in [4.69, 9.17) is 9.73 Å². The van der Waals surface area contributed by atoms with Crippen molar-refractivity contribution in [3.05, 3.63) is 29.8 Å². The van der Waals surface area contributed by atoms with Gasteiger partial charge >= 0.3 is 0 Å². The first-order valence-corrected chi connectivity index (χ1v) is 10.8. The van der Waals surface area contributed by atoms with Gasteiger partial charge in [-0.05, 0) is 43.4 Å². The van der Waals surface area contributed by atoms with Gasteiger partial charge in [-0.2, -0.15) is 0 Å². The van der Waals surface area contributed by atoms with E-state index >= 15 is 0 Å². The Labute approximate surface area is 197 Å². The fraction of sp³-hybridized carbons (Fsp3) is 0.636. The highest BCUT2D eigenvalue weighted by molar-refractivity contribution is 14.0. The second kappa shape index (κ2) is 13.0. The molecule has 2 saturated heterocycles. The third kappa shape index (κ3) is 7.30. The van der Waals surface area contributed by atoms with Crippen LogP contribution in [0.2, 0.25) is 0 Å². The van der Waals surface area contributed by atoms with E-state index in [1.807, 2.05) is 0 Å². The second-order valence-electron chi connectivity index (χ2n) is 7.74. The van der Waals surface area contributed by atoms with Crippen molar-refractivity contribution in [3.63, 3.8) is 0 Å². The number of piperidine rings is 1. The van der Waals surface area contributed by atoms with Gasteiger partial charge in [0.1, 0.15) is 0 Å². The SMILES string of the molecule is CCNC(=NCc1ccc(N2CCOCC2)cc1)N1CCC(CC(=O)NC)CC1.I. The molecule has 2 aliphatic heterocycles. The molecule has 2 aliphatic rings. The van der Waals surface area contributed by atoms with Gasteiger partial charge in [-0.1, -0.05) is 12.1 Å². The van der Waals surface area contributed by atoms with Gasteiger partial charge in [0, 0.05) is 51.9 Å². The van der Waals surface area contributed by atoms with Crippen LogP contribution in [0.1, 0.15) is 31.7 Å². The molecule has 7 nitrogen and oxygen atoms in total. The van der Waals surface area contributed by atoms with Gasteiger partial charge in [-0.3, -0.25) is 4.79 Å². The number of hydrogen-bond acceptors (Lipinski definition) is 4. The number of anilines is 1. The van der Waals surface area contributed by atoms with Crippen molar-refractivity contribution in [1.82, 2.24) is 15.5 Å². The van der Waals surface area contributed by atoms with Gasteiger partial charge in [0.05, 0.1) is 19.8 Å². The lowest BCUT2D eigenvalue weighted by Gasteiger charge is -2.34. The minimum atomic E-state index is 0. The van der Waals surface area contributed by atoms with Crippen LogP contribution >= 0.6 is 24.0 Å². The standard InChI is InChI=1S/C22H35N5O2.HI/c1-3-24-22(27-10-8-18(9-11-27)16-21(28)23-2)25-17-19-4-6-20(7-5-19)26-12-14-29-15-13-26;/h4-7,18H,3,8-17H2,1-2H3,(H,23,28)(H,24,25);1H. The number of ether oxygens (including phenoxy) is 1. The Balaban J connectivity index is 0.00000320. The number of benzene rings is 1. The van der Waals surface area contributed by atoms with Gasteiger partial charge in [0.2, 0.25) is 5.91 Å². The summed E-state index contributed by atoms with van der Waals surface area (Å²) in [6, 6.07) is 8.72. The first kappa shape index (κ1) is 24.7. The lowest BCUT2D eigenvalue weighted by Crippen LogP contribution is -2.46. The number of halogens is 1. The van der Waals surface area contributed by atoms with Crippen molar-refractivity contribution in [1.29, 1.82) is 0 Å². The van der Waals surface area contributed by atoms with Crippen LogP contribution in [-0.4, -0.2) is 69.8 Å². The van der Waals surface area contributed by atoms with Crippen molar-refractivity contribution < 1.29 is 9.53 Å². The molecule has 2 fully saturated rings. The van der Waals surface area contributed by atoms with Crippen LogP contribution < -0.4 is 15.5 Å². The maximum Gasteiger partial charge on any atom is 0.220 e. The summed E-state index contributed by atoms with van der Waals surface area (Å²) in [6.45, 7) is 9.04. The number of likely N-dealkylation sites (tertiary alicyclic amines) is 1. The van der Waals surface area contributed by atoms with Crippen LogP contribution in [0.15, 0.2) is 29.3 Å². The largest absolute Gasteiger partial charge is 0.378 e. The highest BCUT2D eigenvalue weighted by atomic mass is 127. The Bertz CT molecular complexity index is 669. The maximum atomic E-state index is 11.6. The minimum absolute atomic E-state index is 0. The average Bonchev–Trinajstić information content (AvgIpc) is 2.78. The van der Waals surface area contributed by atoms with Crippen molar-refractivity contribution in [2.24, 2.45) is 10.9 Å². The second-order valence-corrected chi connectivity index (χ2v) is 7.74. The molecule has 2 heterocycles. The van der Waals surface area contributed by atoms with Crippen molar-refractivity contribution in [2.75, 3.05) is 57.9 Å². The summed E-state index contributed by atoms with van der Waals surface area (Å²) in [4.78, 5) is 21.2. The number of hydrogen-bond donors (Lipinski definition) is 2. The smallest absolute Gasteiger partial charge is 0.220 e. The molecule has 0 aromatic heterocycles. The van der Waals surface area contributed by atoms with Crippen LogP contribution in [0.4, 0.5) is 5.69 Å². The summed E-state index contributed by atoms with van der Waals surface area (Å²) >= 11 is 0. The van der Waals surface area contributed by atoms with Gasteiger partial charge in [0.25, 0.3) is 0 Å². The molecule has 0 saturated carbocycles. The molecule has 168 valence electrons. The number of guanidine groups is 1. The number of morpholine rings is 1. The fourth-order valence-corrected chi connectivity index (χ4v) is 3.94. The van der Waals surface area contributed by atoms with E-state index in [0.29, 0.717) is 18.9 Å². The van der Waals surface area contributed by atoms with Gasteiger partial charge in [-0.25, -0.2) is 4.99 Å². The lowest BCUT2D eigenvalue weighted by atomic mass is 9.93. The Morgan fingerprint density at radius 1 is 1.13 bits per heavy atom. The fourth-order valence-electron chi connectivity index (χ4n) is 3.94. The number of carbonyl (C=O) groups excluding carboxylic acids is 1. The predicted molar refractivity (Wildman–Crippen MR) is 133 cm³/mol. The van der Waals surface area contributed by atoms with Crippen LogP contribution in [0.3, 0.4) is 0 Å². The van der Waals surface area contributed by atoms with E-state index in [1.165, 1.54) is 11.3 Å². The highest BCUT2D eigenvalue weighted by Crippen LogP contribution is 2.21. The molecule has 1 aromatic carbocycles. The molecule has 1 aromatic rings. The summed E-state index contributed by atoms with van der Waals surface area (Å²) in [5, 5.41) is 6.16. The third-order valence-electron chi connectivity index (χ3n) is 5.73. The Morgan fingerprint density at radius 3 is 2.40 bits per heavy atom. The van der Waals surface area contributed by atoms with Crippen LogP contribution in [-0.2, 0) is 16.1 Å². The molecule has 8 heteroatoms. The Kier molecular flexibility index (Phi) is 10.7. The topological polar surface area (TPSA) is 69.2 Å². The number of carbonyl (C=O) groups is 1. The van der Waals surface area contributed by atoms with Gasteiger partial charge in [0.15, 0.2) is 5.96 Å². The Hall–Kier alpha value is -1.55. The summed E-state index contributed by atoms with van der Waals surface area (Å²) in [6.07, 6.45) is 2.70. The van der Waals surface area contributed by atoms with E-state index < -0.39 is 0 Å². The summed E-state index contributed by atoms with van der Waals surface area (Å²) < 4.78 is 5.43. The molecule has 0 spiro atoms. The number of aliphatic imine (C=N–C) groups is 1. The number of nitrogens with zero attached hydrogens (tertiary/aromatic N) is 3. The van der Waals surface area contributed by atoms with Crippen molar-refractivity contribution in [2.45, 2.75) is 32.7 Å². The molecule has 2 N–H and O–H groups in total. The summed E-state index contributed by atoms with van der Waals surface area (Å²) in [5.74, 6) is 1.59. The summed E-state index contributed by atoms with van der Waals surface area (Å²) in [5.41, 5.74) is 2.47. The molecular weight excluding hydrogens is 493 g/mol. The van der Waals surface area contributed by atoms with E-state index in [-0.39, 0.29) is 29.9 Å². The predicted octanol–water partition coefficient (Wildman–Crippen LogP) is 2.45. The molecule has 0 aliphatic carbocycles. The molecular formula is C22H36IN5O2. The zero-order chi connectivity index (χ0) is 20.5. The van der Waals surface area contributed by atoms with Crippen LogP contribution in [0.5, 0.6) is 0 Å². The zero-order valence-electron chi connectivity index (χ0n) is 18.2. The molecule has 0 bridgehead atoms. The molecule has 0 radical (unpaired) electrons. The minimum Gasteiger partial charge on any atom is -0.378 e. The highest BCUT2D eigenvalue weighted by Gasteiger charge is 2.23. The molecule has 30 heavy (non-hydrogen) atoms. The molecule has 0 unspecified atom stereocenters. The first-order chi connectivity index (χ1) is 14.2. The number of amides is 1. The van der Waals surface area contributed by atoms with Gasteiger partial charge < -0.3 is 25.2 Å². The summed E-state index contributed by atoms with van der Waals surface area (Å²) in [7, 11) is 1.71. The van der Waals surface area contributed by atoms with E-state index in [9.17, 15) is 4.79 Å². The lowest BCUT2D eigenvalue weighted by molar-refractivity contribution is -0.121. The molecule has 1 amide bonds. The van der Waals surface area contributed by atoms with Crippen molar-refractivity contribution >= 4 is 41.5 Å². The normalized spacial score (nSPS) is 18.0. The quantitative estimate of drug-likeness (QED) is 0.337. The monoisotopic (exact) mass is 529 g/mol. The van der Waals surface area contributed by atoms with Crippen molar-refractivity contribution in [3.8, 4) is 0 Å². The molecule has 3 rings (SSSR count). The van der Waals surface area contributed by atoms with Crippen LogP contribution in [0.25, 0.3) is 0 Å². The maximum absolute atomic E-state index is 11.6. The zero-order valence-corrected chi connectivity index (χ0v) is 20.6. The van der Waals surface area contributed by atoms with E-state index in [0.717, 1.165) is 64.7 Å². The molecule has 0 atom stereocenters.